The van der Waals surface area contributed by atoms with Crippen LogP contribution in [0.3, 0.4) is 0 Å². The van der Waals surface area contributed by atoms with E-state index in [-0.39, 0.29) is 17.5 Å². The molecular formula is C31H41N5O5. The molecule has 3 amide bonds. The quantitative estimate of drug-likeness (QED) is 0.0666. The first-order chi connectivity index (χ1) is 20.0. The molecule has 0 aliphatic carbocycles. The Morgan fingerprint density at radius 3 is 2.51 bits per heavy atom. The summed E-state index contributed by atoms with van der Waals surface area (Å²) in [6.45, 7) is 2.71. The third kappa shape index (κ3) is 12.4. The number of nitrogens with zero attached hydrogens (tertiary/aromatic N) is 1. The number of phenols is 1. The maximum absolute atomic E-state index is 12.2. The molecule has 0 bridgehead atoms. The number of aromatic hydroxyl groups is 1. The van der Waals surface area contributed by atoms with Gasteiger partial charge in [-0.15, -0.1) is 0 Å². The van der Waals surface area contributed by atoms with E-state index >= 15 is 0 Å². The number of aliphatic hydroxyl groups is 1. The number of carbonyl (C=O) groups is 2. The molecule has 0 aliphatic heterocycles. The number of nitrogens with one attached hydrogen (secondary N) is 4. The Morgan fingerprint density at radius 2 is 1.71 bits per heavy atom. The minimum Gasteiger partial charge on any atom is -0.506 e. The first kappa shape index (κ1) is 31.5. The number of unbranched alkanes of at least 4 members (excludes halogenated alkanes) is 4. The number of aryl methyl sites for hydroxylation is 1. The smallest absolute Gasteiger partial charge is 0.323 e. The molecule has 220 valence electrons. The second-order valence-corrected chi connectivity index (χ2v) is 9.76. The zero-order chi connectivity index (χ0) is 29.1. The average Bonchev–Trinajstić information content (AvgIpc) is 2.97. The fraction of sp³-hybridized carbons (Fsp3) is 0.387. The monoisotopic (exact) mass is 563 g/mol. The van der Waals surface area contributed by atoms with Crippen molar-refractivity contribution in [2.45, 2.75) is 51.0 Å². The number of benzene rings is 2. The third-order valence-electron chi connectivity index (χ3n) is 6.46. The van der Waals surface area contributed by atoms with Crippen LogP contribution in [0.5, 0.6) is 5.75 Å². The summed E-state index contributed by atoms with van der Waals surface area (Å²) >= 11 is 0. The van der Waals surface area contributed by atoms with Crippen LogP contribution >= 0.6 is 0 Å². The van der Waals surface area contributed by atoms with Crippen molar-refractivity contribution in [1.29, 1.82) is 0 Å². The first-order valence-corrected chi connectivity index (χ1v) is 14.1. The molecule has 10 heteroatoms. The topological polar surface area (TPSA) is 145 Å². The predicted octanol–water partition coefficient (Wildman–Crippen LogP) is 5.22. The van der Waals surface area contributed by atoms with Gasteiger partial charge < -0.3 is 36.2 Å². The average molecular weight is 564 g/mol. The second-order valence-electron chi connectivity index (χ2n) is 9.76. The number of pyridine rings is 1. The number of anilines is 3. The van der Waals surface area contributed by atoms with E-state index < -0.39 is 6.10 Å². The molecule has 2 aromatic carbocycles. The van der Waals surface area contributed by atoms with Crippen molar-refractivity contribution in [3.8, 4) is 5.75 Å². The molecule has 1 unspecified atom stereocenters. The number of ether oxygens (including phenoxy) is 1. The summed E-state index contributed by atoms with van der Waals surface area (Å²) in [5, 5.41) is 31.3. The molecule has 0 saturated heterocycles. The molecule has 0 fully saturated rings. The van der Waals surface area contributed by atoms with E-state index in [9.17, 15) is 19.8 Å². The third-order valence-corrected chi connectivity index (χ3v) is 6.46. The number of aromatic nitrogens is 1. The highest BCUT2D eigenvalue weighted by Crippen LogP contribution is 2.26. The van der Waals surface area contributed by atoms with Gasteiger partial charge >= 0.3 is 6.03 Å². The number of hydrogen-bond donors (Lipinski definition) is 6. The molecular weight excluding hydrogens is 522 g/mol. The molecule has 3 aromatic rings. The van der Waals surface area contributed by atoms with Gasteiger partial charge in [-0.25, -0.2) is 4.79 Å². The van der Waals surface area contributed by atoms with Crippen LogP contribution in [0, 0.1) is 0 Å². The van der Waals surface area contributed by atoms with Crippen molar-refractivity contribution in [1.82, 2.24) is 10.3 Å². The standard InChI is InChI=1S/C31H41N5O5/c37-23-34-28-20-25(13-14-29(28)38)30(39)22-33-15-4-1-2-5-17-41-18-6-3-9-24-10-7-11-26(19-24)35-31(40)36-27-12-8-16-32-21-27/h7-8,10-14,16,19-21,23,30,33,38-39H,1-6,9,15,17-18,22H2,(H,34,37)(H2,35,36,40). The molecule has 1 aromatic heterocycles. The Morgan fingerprint density at radius 1 is 0.927 bits per heavy atom. The summed E-state index contributed by atoms with van der Waals surface area (Å²) in [5.41, 5.74) is 3.48. The van der Waals surface area contributed by atoms with Crippen LogP contribution in [-0.4, -0.2) is 53.9 Å². The molecule has 1 atom stereocenters. The lowest BCUT2D eigenvalue weighted by Gasteiger charge is -2.14. The summed E-state index contributed by atoms with van der Waals surface area (Å²) in [6, 6.07) is 15.8. The fourth-order valence-corrected chi connectivity index (χ4v) is 4.27. The van der Waals surface area contributed by atoms with E-state index in [1.165, 1.54) is 11.6 Å². The van der Waals surface area contributed by atoms with Crippen molar-refractivity contribution >= 4 is 29.5 Å². The van der Waals surface area contributed by atoms with Gasteiger partial charge in [0.05, 0.1) is 23.7 Å². The van der Waals surface area contributed by atoms with E-state index in [2.05, 4.69) is 32.3 Å². The molecule has 0 radical (unpaired) electrons. The lowest BCUT2D eigenvalue weighted by Crippen LogP contribution is -2.22. The number of rotatable bonds is 19. The maximum Gasteiger partial charge on any atom is 0.323 e. The van der Waals surface area contributed by atoms with Crippen molar-refractivity contribution in [3.63, 3.8) is 0 Å². The zero-order valence-electron chi connectivity index (χ0n) is 23.4. The Bertz CT molecular complexity index is 1190. The second kappa shape index (κ2) is 18.4. The van der Waals surface area contributed by atoms with Gasteiger partial charge in [0.15, 0.2) is 0 Å². The number of phenolic OH excluding ortho intramolecular Hbond substituents is 1. The maximum atomic E-state index is 12.2. The van der Waals surface area contributed by atoms with E-state index in [0.29, 0.717) is 24.2 Å². The van der Waals surface area contributed by atoms with Crippen LogP contribution in [0.2, 0.25) is 0 Å². The number of aliphatic hydroxyl groups excluding tert-OH is 1. The van der Waals surface area contributed by atoms with Crippen LogP contribution in [0.15, 0.2) is 67.0 Å². The van der Waals surface area contributed by atoms with Gasteiger partial charge in [-0.1, -0.05) is 31.0 Å². The Hall–Kier alpha value is -3.99. The highest BCUT2D eigenvalue weighted by molar-refractivity contribution is 5.99. The highest BCUT2D eigenvalue weighted by atomic mass is 16.5. The number of urea groups is 1. The van der Waals surface area contributed by atoms with Crippen molar-refractivity contribution in [2.24, 2.45) is 0 Å². The molecule has 6 N–H and O–H groups in total. The van der Waals surface area contributed by atoms with Crippen molar-refractivity contribution in [2.75, 3.05) is 42.3 Å². The Kier molecular flexibility index (Phi) is 14.1. The number of hydrogen-bond acceptors (Lipinski definition) is 7. The van der Waals surface area contributed by atoms with E-state index in [1.54, 1.807) is 36.7 Å². The number of carbonyl (C=O) groups excluding carboxylic acids is 2. The summed E-state index contributed by atoms with van der Waals surface area (Å²) < 4.78 is 5.78. The van der Waals surface area contributed by atoms with Gasteiger partial charge in [-0.05, 0) is 86.2 Å². The van der Waals surface area contributed by atoms with Crippen LogP contribution in [0.1, 0.15) is 55.8 Å². The molecule has 1 heterocycles. The number of amides is 3. The van der Waals surface area contributed by atoms with Gasteiger partial charge in [0.25, 0.3) is 0 Å². The first-order valence-electron chi connectivity index (χ1n) is 14.1. The summed E-state index contributed by atoms with van der Waals surface area (Å²) in [6.07, 6.45) is 10.2. The molecule has 0 saturated carbocycles. The summed E-state index contributed by atoms with van der Waals surface area (Å²) in [5.74, 6) is -0.0365. The SMILES string of the molecule is O=CNc1cc(C(O)CNCCCCCCOCCCCc2cccc(NC(=O)Nc3cccnc3)c2)ccc1O. The summed E-state index contributed by atoms with van der Waals surface area (Å²) in [7, 11) is 0. The molecule has 3 rings (SSSR count). The van der Waals surface area contributed by atoms with Gasteiger partial charge in [0.1, 0.15) is 5.75 Å². The minimum absolute atomic E-state index is 0.0365. The van der Waals surface area contributed by atoms with Crippen molar-refractivity contribution in [3.05, 3.63) is 78.1 Å². The van der Waals surface area contributed by atoms with E-state index in [0.717, 1.165) is 70.4 Å². The van der Waals surface area contributed by atoms with Gasteiger partial charge in [-0.2, -0.15) is 0 Å². The predicted molar refractivity (Wildman–Crippen MR) is 161 cm³/mol. The fourth-order valence-electron chi connectivity index (χ4n) is 4.27. The zero-order valence-corrected chi connectivity index (χ0v) is 23.4. The van der Waals surface area contributed by atoms with Crippen LogP contribution < -0.4 is 21.3 Å². The Labute approximate surface area is 241 Å². The Balaban J connectivity index is 1.16. The lowest BCUT2D eigenvalue weighted by atomic mass is 10.1. The van der Waals surface area contributed by atoms with E-state index in [1.807, 2.05) is 18.2 Å². The highest BCUT2D eigenvalue weighted by Gasteiger charge is 2.10. The van der Waals surface area contributed by atoms with Gasteiger partial charge in [0.2, 0.25) is 6.41 Å². The van der Waals surface area contributed by atoms with Crippen molar-refractivity contribution < 1.29 is 24.5 Å². The van der Waals surface area contributed by atoms with Gasteiger partial charge in [0, 0.05) is 31.6 Å². The molecule has 0 spiro atoms. The minimum atomic E-state index is -0.721. The molecule has 10 nitrogen and oxygen atoms in total. The van der Waals surface area contributed by atoms with Crippen LogP contribution in [-0.2, 0) is 16.0 Å². The van der Waals surface area contributed by atoms with Gasteiger partial charge in [-0.3, -0.25) is 9.78 Å². The molecule has 0 aliphatic rings. The van der Waals surface area contributed by atoms with E-state index in [4.69, 9.17) is 4.74 Å². The van der Waals surface area contributed by atoms with Crippen LogP contribution in [0.4, 0.5) is 21.9 Å². The normalized spacial score (nSPS) is 11.5. The van der Waals surface area contributed by atoms with Crippen LogP contribution in [0.25, 0.3) is 0 Å². The molecule has 41 heavy (non-hydrogen) atoms. The summed E-state index contributed by atoms with van der Waals surface area (Å²) in [4.78, 5) is 26.8. The lowest BCUT2D eigenvalue weighted by molar-refractivity contribution is -0.105. The largest absolute Gasteiger partial charge is 0.506 e.